The van der Waals surface area contributed by atoms with Crippen LogP contribution in [0, 0.1) is 5.92 Å². The molecule has 5 heteroatoms. The maximum absolute atomic E-state index is 12.6. The van der Waals surface area contributed by atoms with E-state index in [1.807, 2.05) is 24.3 Å². The molecule has 0 saturated carbocycles. The lowest BCUT2D eigenvalue weighted by Crippen LogP contribution is -2.58. The van der Waals surface area contributed by atoms with Crippen LogP contribution in [-0.4, -0.2) is 37.8 Å². The average molecular weight is 290 g/mol. The van der Waals surface area contributed by atoms with Crippen LogP contribution in [0.2, 0.25) is 0 Å². The van der Waals surface area contributed by atoms with E-state index < -0.39 is 0 Å². The number of amides is 1. The first-order chi connectivity index (χ1) is 10.2. The lowest BCUT2D eigenvalue weighted by Gasteiger charge is -2.38. The average Bonchev–Trinajstić information content (AvgIpc) is 2.55. The molecular formula is C16H22N2O3. The van der Waals surface area contributed by atoms with Gasteiger partial charge in [0.2, 0.25) is 5.91 Å². The van der Waals surface area contributed by atoms with Crippen LogP contribution in [0.1, 0.15) is 18.4 Å². The highest BCUT2D eigenvalue weighted by Crippen LogP contribution is 2.28. The minimum Gasteiger partial charge on any atom is -0.492 e. The number of fused-ring (bicyclic) bond motifs is 1. The number of hydrogen-bond donors (Lipinski definition) is 2. The molecule has 3 N–H and O–H groups in total. The predicted octanol–water partition coefficient (Wildman–Crippen LogP) is 0.862. The van der Waals surface area contributed by atoms with Gasteiger partial charge in [-0.25, -0.2) is 0 Å². The van der Waals surface area contributed by atoms with Crippen LogP contribution in [0.4, 0.5) is 0 Å². The first kappa shape index (κ1) is 14.4. The summed E-state index contributed by atoms with van der Waals surface area (Å²) >= 11 is 0. The molecule has 1 aromatic rings. The Balaban J connectivity index is 1.66. The topological polar surface area (TPSA) is 73.6 Å². The third kappa shape index (κ3) is 3.04. The molecule has 1 aromatic carbocycles. The highest BCUT2D eigenvalue weighted by atomic mass is 16.5. The maximum Gasteiger partial charge on any atom is 0.227 e. The zero-order valence-electron chi connectivity index (χ0n) is 12.1. The molecule has 2 aliphatic heterocycles. The van der Waals surface area contributed by atoms with E-state index in [4.69, 9.17) is 15.2 Å². The fourth-order valence-electron chi connectivity index (χ4n) is 3.00. The summed E-state index contributed by atoms with van der Waals surface area (Å²) < 4.78 is 11.1. The number of carbonyl (C=O) groups is 1. The van der Waals surface area contributed by atoms with E-state index in [0.29, 0.717) is 26.4 Å². The summed E-state index contributed by atoms with van der Waals surface area (Å²) in [6.45, 7) is 2.19. The van der Waals surface area contributed by atoms with Crippen LogP contribution in [0.3, 0.4) is 0 Å². The van der Waals surface area contributed by atoms with Crippen molar-refractivity contribution in [3.05, 3.63) is 29.8 Å². The Labute approximate surface area is 124 Å². The van der Waals surface area contributed by atoms with Gasteiger partial charge in [-0.15, -0.1) is 0 Å². The summed E-state index contributed by atoms with van der Waals surface area (Å²) in [5.74, 6) is 0.782. The van der Waals surface area contributed by atoms with E-state index in [2.05, 4.69) is 5.32 Å². The van der Waals surface area contributed by atoms with E-state index in [1.54, 1.807) is 0 Å². The third-order valence-corrected chi connectivity index (χ3v) is 4.48. The van der Waals surface area contributed by atoms with Crippen LogP contribution in [0.15, 0.2) is 24.3 Å². The maximum atomic E-state index is 12.6. The number of benzene rings is 1. The summed E-state index contributed by atoms with van der Waals surface area (Å²) in [4.78, 5) is 12.6. The first-order valence-electron chi connectivity index (χ1n) is 7.53. The molecule has 3 rings (SSSR count). The van der Waals surface area contributed by atoms with E-state index in [-0.39, 0.29) is 17.4 Å². The highest BCUT2D eigenvalue weighted by molar-refractivity contribution is 5.80. The van der Waals surface area contributed by atoms with Gasteiger partial charge in [0, 0.05) is 19.8 Å². The summed E-state index contributed by atoms with van der Waals surface area (Å²) in [5, 5.41) is 3.16. The van der Waals surface area contributed by atoms with E-state index in [0.717, 1.165) is 30.6 Å². The van der Waals surface area contributed by atoms with Crippen molar-refractivity contribution in [1.29, 1.82) is 0 Å². The molecule has 0 radical (unpaired) electrons. The lowest BCUT2D eigenvalue weighted by molar-refractivity contribution is -0.129. The van der Waals surface area contributed by atoms with Gasteiger partial charge in [-0.1, -0.05) is 18.2 Å². The Morgan fingerprint density at radius 2 is 2.10 bits per heavy atom. The first-order valence-corrected chi connectivity index (χ1v) is 7.53. The number of rotatable bonds is 3. The zero-order valence-corrected chi connectivity index (χ0v) is 12.1. The molecule has 1 fully saturated rings. The van der Waals surface area contributed by atoms with Crippen LogP contribution in [-0.2, 0) is 16.0 Å². The predicted molar refractivity (Wildman–Crippen MR) is 79.1 cm³/mol. The van der Waals surface area contributed by atoms with Gasteiger partial charge < -0.3 is 20.5 Å². The Bertz CT molecular complexity index is 512. The van der Waals surface area contributed by atoms with E-state index in [9.17, 15) is 4.79 Å². The molecule has 21 heavy (non-hydrogen) atoms. The summed E-state index contributed by atoms with van der Waals surface area (Å²) in [7, 11) is 0. The largest absolute Gasteiger partial charge is 0.492 e. The second-order valence-electron chi connectivity index (χ2n) is 5.91. The standard InChI is InChI=1S/C16H22N2O3/c17-11-16(5-7-20-8-6-16)18-15(19)13-9-12-3-1-2-4-14(12)21-10-13/h1-4,13H,5-11,17H2,(H,18,19). The normalized spacial score (nSPS) is 23.8. The van der Waals surface area contributed by atoms with Crippen LogP contribution in [0.5, 0.6) is 5.75 Å². The Morgan fingerprint density at radius 3 is 2.86 bits per heavy atom. The van der Waals surface area contributed by atoms with Crippen molar-refractivity contribution < 1.29 is 14.3 Å². The minimum absolute atomic E-state index is 0.0388. The van der Waals surface area contributed by atoms with E-state index >= 15 is 0 Å². The van der Waals surface area contributed by atoms with Crippen molar-refractivity contribution in [3.63, 3.8) is 0 Å². The van der Waals surface area contributed by atoms with Gasteiger partial charge in [-0.2, -0.15) is 0 Å². The van der Waals surface area contributed by atoms with Crippen molar-refractivity contribution in [2.24, 2.45) is 11.7 Å². The van der Waals surface area contributed by atoms with Gasteiger partial charge in [-0.3, -0.25) is 4.79 Å². The van der Waals surface area contributed by atoms with Crippen molar-refractivity contribution >= 4 is 5.91 Å². The lowest BCUT2D eigenvalue weighted by atomic mass is 9.88. The van der Waals surface area contributed by atoms with Crippen LogP contribution >= 0.6 is 0 Å². The molecule has 114 valence electrons. The second kappa shape index (κ2) is 6.03. The molecule has 2 aliphatic rings. The molecule has 1 unspecified atom stereocenters. The molecule has 0 aliphatic carbocycles. The summed E-state index contributed by atoms with van der Waals surface area (Å²) in [6, 6.07) is 7.89. The molecule has 0 spiro atoms. The Hall–Kier alpha value is -1.59. The molecule has 0 bridgehead atoms. The monoisotopic (exact) mass is 290 g/mol. The Morgan fingerprint density at radius 1 is 1.33 bits per heavy atom. The fraction of sp³-hybridized carbons (Fsp3) is 0.562. The van der Waals surface area contributed by atoms with Crippen LogP contribution < -0.4 is 15.8 Å². The molecule has 5 nitrogen and oxygen atoms in total. The number of nitrogens with one attached hydrogen (secondary N) is 1. The number of hydrogen-bond acceptors (Lipinski definition) is 4. The quantitative estimate of drug-likeness (QED) is 0.866. The summed E-state index contributed by atoms with van der Waals surface area (Å²) in [5.41, 5.74) is 6.67. The molecular weight excluding hydrogens is 268 g/mol. The molecule has 0 aromatic heterocycles. The molecule has 2 heterocycles. The third-order valence-electron chi connectivity index (χ3n) is 4.48. The molecule has 1 atom stereocenters. The number of carbonyl (C=O) groups excluding carboxylic acids is 1. The SMILES string of the molecule is NCC1(NC(=O)C2COc3ccccc3C2)CCOCC1. The molecule has 1 amide bonds. The second-order valence-corrected chi connectivity index (χ2v) is 5.91. The Kier molecular flexibility index (Phi) is 4.12. The number of ether oxygens (including phenoxy) is 2. The summed E-state index contributed by atoms with van der Waals surface area (Å²) in [6.07, 6.45) is 2.28. The van der Waals surface area contributed by atoms with Gasteiger partial charge >= 0.3 is 0 Å². The van der Waals surface area contributed by atoms with Gasteiger partial charge in [0.1, 0.15) is 12.4 Å². The number of nitrogens with two attached hydrogens (primary N) is 1. The van der Waals surface area contributed by atoms with Crippen molar-refractivity contribution in [2.45, 2.75) is 24.8 Å². The van der Waals surface area contributed by atoms with E-state index in [1.165, 1.54) is 0 Å². The smallest absolute Gasteiger partial charge is 0.227 e. The molecule has 1 saturated heterocycles. The van der Waals surface area contributed by atoms with Gasteiger partial charge in [-0.05, 0) is 30.9 Å². The fourth-order valence-corrected chi connectivity index (χ4v) is 3.00. The highest BCUT2D eigenvalue weighted by Gasteiger charge is 2.36. The van der Waals surface area contributed by atoms with Crippen molar-refractivity contribution in [2.75, 3.05) is 26.4 Å². The van der Waals surface area contributed by atoms with Gasteiger partial charge in [0.15, 0.2) is 0 Å². The minimum atomic E-state index is -0.313. The van der Waals surface area contributed by atoms with Gasteiger partial charge in [0.05, 0.1) is 11.5 Å². The van der Waals surface area contributed by atoms with Gasteiger partial charge in [0.25, 0.3) is 0 Å². The van der Waals surface area contributed by atoms with Crippen molar-refractivity contribution in [3.8, 4) is 5.75 Å². The number of para-hydroxylation sites is 1. The van der Waals surface area contributed by atoms with Crippen molar-refractivity contribution in [1.82, 2.24) is 5.32 Å². The zero-order chi connectivity index (χ0) is 14.7. The van der Waals surface area contributed by atoms with Crippen LogP contribution in [0.25, 0.3) is 0 Å².